The summed E-state index contributed by atoms with van der Waals surface area (Å²) >= 11 is 0. The van der Waals surface area contributed by atoms with Gasteiger partial charge in [0.1, 0.15) is 23.9 Å². The van der Waals surface area contributed by atoms with Crippen molar-refractivity contribution in [3.63, 3.8) is 0 Å². The highest BCUT2D eigenvalue weighted by molar-refractivity contribution is 5.91. The molecule has 1 N–H and O–H groups in total. The lowest BCUT2D eigenvalue weighted by Crippen LogP contribution is -2.24. The van der Waals surface area contributed by atoms with Crippen molar-refractivity contribution in [3.05, 3.63) is 125 Å². The summed E-state index contributed by atoms with van der Waals surface area (Å²) in [7, 11) is 0. The number of carbonyl (C=O) groups is 2. The lowest BCUT2D eigenvalue weighted by atomic mass is 10.1. The molecule has 0 saturated heterocycles. The van der Waals surface area contributed by atoms with Gasteiger partial charge in [-0.1, -0.05) is 48.0 Å². The fourth-order valence-electron chi connectivity index (χ4n) is 3.29. The van der Waals surface area contributed by atoms with Gasteiger partial charge in [-0.15, -0.1) is 0 Å². The second-order valence-electron chi connectivity index (χ2n) is 8.16. The minimum atomic E-state index is -0.424. The molecule has 4 aromatic rings. The number of hydrogen-bond donors (Lipinski definition) is 1. The molecule has 0 aromatic heterocycles. The topological polar surface area (TPSA) is 86.2 Å². The van der Waals surface area contributed by atoms with Crippen LogP contribution in [0.25, 0.3) is 0 Å². The zero-order valence-corrected chi connectivity index (χ0v) is 20.3. The van der Waals surface area contributed by atoms with Crippen LogP contribution in [-0.4, -0.2) is 24.7 Å². The van der Waals surface area contributed by atoms with E-state index in [0.717, 1.165) is 16.7 Å². The van der Waals surface area contributed by atoms with Crippen LogP contribution >= 0.6 is 0 Å². The molecule has 0 fully saturated rings. The average Bonchev–Trinajstić information content (AvgIpc) is 2.93. The predicted octanol–water partition coefficient (Wildman–Crippen LogP) is 5.32. The fourth-order valence-corrected chi connectivity index (χ4v) is 3.29. The number of rotatable bonds is 10. The Bertz CT molecular complexity index is 1350. The van der Waals surface area contributed by atoms with Crippen LogP contribution in [0.3, 0.4) is 0 Å². The van der Waals surface area contributed by atoms with Gasteiger partial charge in [0.05, 0.1) is 11.8 Å². The van der Waals surface area contributed by atoms with E-state index >= 15 is 0 Å². The van der Waals surface area contributed by atoms with E-state index in [4.69, 9.17) is 14.2 Å². The number of carbonyl (C=O) groups excluding carboxylic acids is 2. The van der Waals surface area contributed by atoms with Crippen LogP contribution in [0.1, 0.15) is 27.0 Å². The van der Waals surface area contributed by atoms with E-state index in [2.05, 4.69) is 10.5 Å². The van der Waals surface area contributed by atoms with Crippen LogP contribution in [0.5, 0.6) is 17.2 Å². The fraction of sp³-hybridized carbons (Fsp3) is 0.100. The van der Waals surface area contributed by atoms with E-state index in [-0.39, 0.29) is 6.61 Å². The normalized spacial score (nSPS) is 10.6. The number of ether oxygens (including phenoxy) is 3. The Hall–Kier alpha value is -4.91. The van der Waals surface area contributed by atoms with E-state index in [1.165, 1.54) is 6.21 Å². The van der Waals surface area contributed by atoms with Gasteiger partial charge in [0.2, 0.25) is 0 Å². The van der Waals surface area contributed by atoms with Crippen molar-refractivity contribution in [3.8, 4) is 17.2 Å². The number of esters is 1. The minimum absolute atomic E-state index is 0.185. The van der Waals surface area contributed by atoms with Crippen LogP contribution in [0.2, 0.25) is 0 Å². The highest BCUT2D eigenvalue weighted by Crippen LogP contribution is 2.19. The van der Waals surface area contributed by atoms with Gasteiger partial charge in [-0.3, -0.25) is 4.79 Å². The summed E-state index contributed by atoms with van der Waals surface area (Å²) in [5.41, 5.74) is 5.70. The molecule has 0 aliphatic heterocycles. The number of hydrazone groups is 1. The van der Waals surface area contributed by atoms with Crippen molar-refractivity contribution in [2.75, 3.05) is 6.61 Å². The van der Waals surface area contributed by atoms with Crippen molar-refractivity contribution in [1.82, 2.24) is 5.43 Å². The summed E-state index contributed by atoms with van der Waals surface area (Å²) in [4.78, 5) is 24.3. The molecule has 4 rings (SSSR count). The summed E-state index contributed by atoms with van der Waals surface area (Å²) in [5.74, 6) is 0.844. The largest absolute Gasteiger partial charge is 0.489 e. The minimum Gasteiger partial charge on any atom is -0.489 e. The summed E-state index contributed by atoms with van der Waals surface area (Å²) in [6.07, 6.45) is 1.49. The standard InChI is InChI=1S/C30H26N2O5/c1-22-6-5-9-25(18-22)30(34)37-28-12-10-23(11-13-28)19-31-32-29(33)21-36-27-16-14-26(15-17-27)35-20-24-7-3-2-4-8-24/h2-19H,20-21H2,1H3,(H,32,33)/b31-19-. The molecule has 0 heterocycles. The molecule has 7 nitrogen and oxygen atoms in total. The van der Waals surface area contributed by atoms with Crippen LogP contribution in [-0.2, 0) is 11.4 Å². The van der Waals surface area contributed by atoms with Crippen LogP contribution in [0, 0.1) is 6.92 Å². The number of amides is 1. The third kappa shape index (κ3) is 8.07. The molecule has 0 atom stereocenters. The third-order valence-electron chi connectivity index (χ3n) is 5.19. The number of nitrogens with one attached hydrogen (secondary N) is 1. The number of benzene rings is 4. The van der Waals surface area contributed by atoms with Gasteiger partial charge >= 0.3 is 5.97 Å². The van der Waals surface area contributed by atoms with E-state index in [1.54, 1.807) is 60.7 Å². The zero-order valence-electron chi connectivity index (χ0n) is 20.3. The SMILES string of the molecule is Cc1cccc(C(=O)Oc2ccc(/C=N\NC(=O)COc3ccc(OCc4ccccc4)cc3)cc2)c1. The molecule has 0 spiro atoms. The first-order valence-electron chi connectivity index (χ1n) is 11.7. The zero-order chi connectivity index (χ0) is 25.9. The van der Waals surface area contributed by atoms with E-state index in [9.17, 15) is 9.59 Å². The second kappa shape index (κ2) is 12.7. The van der Waals surface area contributed by atoms with Gasteiger partial charge in [-0.25, -0.2) is 10.2 Å². The Morgan fingerprint density at radius 1 is 0.784 bits per heavy atom. The van der Waals surface area contributed by atoms with Gasteiger partial charge < -0.3 is 14.2 Å². The molecule has 0 bridgehead atoms. The Labute approximate surface area is 215 Å². The van der Waals surface area contributed by atoms with E-state index < -0.39 is 11.9 Å². The molecule has 0 aliphatic carbocycles. The Morgan fingerprint density at radius 3 is 2.16 bits per heavy atom. The second-order valence-corrected chi connectivity index (χ2v) is 8.16. The molecular formula is C30H26N2O5. The molecule has 7 heteroatoms. The molecule has 0 aliphatic rings. The van der Waals surface area contributed by atoms with E-state index in [0.29, 0.717) is 29.4 Å². The number of nitrogens with zero attached hydrogens (tertiary/aromatic N) is 1. The quantitative estimate of drug-likeness (QED) is 0.140. The van der Waals surface area contributed by atoms with E-state index in [1.807, 2.05) is 49.4 Å². The first-order valence-corrected chi connectivity index (χ1v) is 11.7. The van der Waals surface area contributed by atoms with Gasteiger partial charge in [-0.05, 0) is 78.7 Å². The van der Waals surface area contributed by atoms with Gasteiger partial charge in [0.15, 0.2) is 6.61 Å². The predicted molar refractivity (Wildman–Crippen MR) is 141 cm³/mol. The Balaban J connectivity index is 1.18. The van der Waals surface area contributed by atoms with Crippen molar-refractivity contribution in [1.29, 1.82) is 0 Å². The molecule has 186 valence electrons. The Morgan fingerprint density at radius 2 is 1.46 bits per heavy atom. The van der Waals surface area contributed by atoms with Gasteiger partial charge in [-0.2, -0.15) is 5.10 Å². The Kier molecular flexibility index (Phi) is 8.64. The maximum atomic E-state index is 12.2. The average molecular weight is 495 g/mol. The first-order chi connectivity index (χ1) is 18.0. The van der Waals surface area contributed by atoms with Crippen molar-refractivity contribution in [2.24, 2.45) is 5.10 Å². The highest BCUT2D eigenvalue weighted by Gasteiger charge is 2.08. The highest BCUT2D eigenvalue weighted by atomic mass is 16.5. The first kappa shape index (κ1) is 25.2. The monoisotopic (exact) mass is 494 g/mol. The summed E-state index contributed by atoms with van der Waals surface area (Å²) < 4.78 is 16.6. The van der Waals surface area contributed by atoms with Crippen LogP contribution in [0.4, 0.5) is 0 Å². The molecule has 1 amide bonds. The molecule has 4 aromatic carbocycles. The molecule has 37 heavy (non-hydrogen) atoms. The summed E-state index contributed by atoms with van der Waals surface area (Å²) in [6, 6.07) is 30.9. The maximum Gasteiger partial charge on any atom is 0.343 e. The van der Waals surface area contributed by atoms with Crippen LogP contribution in [0.15, 0.2) is 108 Å². The van der Waals surface area contributed by atoms with Gasteiger partial charge in [0.25, 0.3) is 5.91 Å². The molecular weight excluding hydrogens is 468 g/mol. The number of aryl methyl sites for hydroxylation is 1. The third-order valence-corrected chi connectivity index (χ3v) is 5.19. The lowest BCUT2D eigenvalue weighted by Gasteiger charge is -2.08. The van der Waals surface area contributed by atoms with Crippen molar-refractivity contribution >= 4 is 18.1 Å². The molecule has 0 radical (unpaired) electrons. The molecule has 0 unspecified atom stereocenters. The number of hydrogen-bond acceptors (Lipinski definition) is 6. The lowest BCUT2D eigenvalue weighted by molar-refractivity contribution is -0.123. The summed E-state index contributed by atoms with van der Waals surface area (Å²) in [6.45, 7) is 2.20. The van der Waals surface area contributed by atoms with Crippen molar-refractivity contribution < 1.29 is 23.8 Å². The van der Waals surface area contributed by atoms with Gasteiger partial charge in [0, 0.05) is 0 Å². The summed E-state index contributed by atoms with van der Waals surface area (Å²) in [5, 5.41) is 3.94. The smallest absolute Gasteiger partial charge is 0.343 e. The molecule has 0 saturated carbocycles. The van der Waals surface area contributed by atoms with Crippen molar-refractivity contribution in [2.45, 2.75) is 13.5 Å². The van der Waals surface area contributed by atoms with Crippen LogP contribution < -0.4 is 19.6 Å². The maximum absolute atomic E-state index is 12.2.